The van der Waals surface area contributed by atoms with E-state index in [1.54, 1.807) is 11.3 Å². The summed E-state index contributed by atoms with van der Waals surface area (Å²) in [6, 6.07) is 3.92. The van der Waals surface area contributed by atoms with Crippen molar-refractivity contribution >= 4 is 17.2 Å². The van der Waals surface area contributed by atoms with E-state index in [0.717, 1.165) is 0 Å². The van der Waals surface area contributed by atoms with Crippen LogP contribution in [0, 0.1) is 12.8 Å². The van der Waals surface area contributed by atoms with E-state index in [0.29, 0.717) is 19.8 Å². The maximum atomic E-state index is 11.8. The number of carbonyl (C=O) groups is 1. The summed E-state index contributed by atoms with van der Waals surface area (Å²) in [6.07, 6.45) is 0. The normalized spacial score (nSPS) is 24.6. The molecule has 1 saturated heterocycles. The Hall–Kier alpha value is -0.910. The summed E-state index contributed by atoms with van der Waals surface area (Å²) in [5, 5.41) is 2.90. The van der Waals surface area contributed by atoms with E-state index >= 15 is 0 Å². The number of hydrogen-bond acceptors (Lipinski definition) is 4. The van der Waals surface area contributed by atoms with Gasteiger partial charge in [0.05, 0.1) is 25.7 Å². The topological polar surface area (TPSA) is 64.3 Å². The molecule has 5 heteroatoms. The quantitative estimate of drug-likeness (QED) is 0.815. The second-order valence-corrected chi connectivity index (χ2v) is 5.41. The Morgan fingerprint density at radius 1 is 1.62 bits per heavy atom. The van der Waals surface area contributed by atoms with Gasteiger partial charge >= 0.3 is 0 Å². The summed E-state index contributed by atoms with van der Waals surface area (Å²) in [4.78, 5) is 14.2. The van der Waals surface area contributed by atoms with Gasteiger partial charge in [-0.05, 0) is 19.1 Å². The Balaban J connectivity index is 1.83. The molecule has 0 aliphatic carbocycles. The molecule has 1 aliphatic heterocycles. The summed E-state index contributed by atoms with van der Waals surface area (Å²) in [5.41, 5.74) is 5.77. The monoisotopic (exact) mass is 240 g/mol. The van der Waals surface area contributed by atoms with Crippen LogP contribution in [0.4, 0.5) is 0 Å². The average Bonchev–Trinajstić information content (AvgIpc) is 2.84. The van der Waals surface area contributed by atoms with Gasteiger partial charge in [-0.1, -0.05) is 0 Å². The molecule has 1 aromatic rings. The molecule has 3 N–H and O–H groups in total. The molecule has 2 atom stereocenters. The van der Waals surface area contributed by atoms with Crippen LogP contribution in [0.25, 0.3) is 0 Å². The van der Waals surface area contributed by atoms with E-state index in [1.807, 2.05) is 6.07 Å². The summed E-state index contributed by atoms with van der Waals surface area (Å²) < 4.78 is 5.16. The standard InChI is InChI=1S/C11H16N2O2S/c1-7-2-3-8(16-7)4-13-11(14)9-5-15-6-10(9)12/h2-3,9-10H,4-6,12H2,1H3,(H,13,14). The number of amides is 1. The van der Waals surface area contributed by atoms with Gasteiger partial charge in [-0.2, -0.15) is 0 Å². The van der Waals surface area contributed by atoms with Crippen LogP contribution in [0.2, 0.25) is 0 Å². The molecule has 88 valence electrons. The number of aryl methyl sites for hydroxylation is 1. The molecule has 2 unspecified atom stereocenters. The van der Waals surface area contributed by atoms with Crippen LogP contribution in [-0.2, 0) is 16.1 Å². The highest BCUT2D eigenvalue weighted by atomic mass is 32.1. The zero-order valence-electron chi connectivity index (χ0n) is 9.23. The van der Waals surface area contributed by atoms with Gasteiger partial charge < -0.3 is 15.8 Å². The third kappa shape index (κ3) is 2.61. The Morgan fingerprint density at radius 2 is 2.44 bits per heavy atom. The Kier molecular flexibility index (Phi) is 3.58. The Labute approximate surface area is 98.8 Å². The SMILES string of the molecule is Cc1ccc(CNC(=O)C2COCC2N)s1. The minimum atomic E-state index is -0.193. The molecule has 1 aromatic heterocycles. The average molecular weight is 240 g/mol. The summed E-state index contributed by atoms with van der Waals surface area (Å²) >= 11 is 1.70. The number of nitrogens with two attached hydrogens (primary N) is 1. The lowest BCUT2D eigenvalue weighted by atomic mass is 10.0. The number of carbonyl (C=O) groups excluding carboxylic acids is 1. The fraction of sp³-hybridized carbons (Fsp3) is 0.545. The van der Waals surface area contributed by atoms with Crippen molar-refractivity contribution in [2.24, 2.45) is 11.7 Å². The van der Waals surface area contributed by atoms with Crippen molar-refractivity contribution in [2.75, 3.05) is 13.2 Å². The van der Waals surface area contributed by atoms with Crippen molar-refractivity contribution in [3.05, 3.63) is 21.9 Å². The zero-order chi connectivity index (χ0) is 11.5. The molecule has 2 rings (SSSR count). The van der Waals surface area contributed by atoms with Gasteiger partial charge in [0.15, 0.2) is 0 Å². The van der Waals surface area contributed by atoms with Crippen molar-refractivity contribution in [2.45, 2.75) is 19.5 Å². The van der Waals surface area contributed by atoms with Gasteiger partial charge in [-0.3, -0.25) is 4.79 Å². The van der Waals surface area contributed by atoms with Crippen molar-refractivity contribution in [1.29, 1.82) is 0 Å². The van der Waals surface area contributed by atoms with E-state index in [2.05, 4.69) is 18.3 Å². The number of ether oxygens (including phenoxy) is 1. The van der Waals surface area contributed by atoms with Crippen molar-refractivity contribution in [3.8, 4) is 0 Å². The Bertz CT molecular complexity index is 378. The zero-order valence-corrected chi connectivity index (χ0v) is 10.0. The summed E-state index contributed by atoms with van der Waals surface area (Å²) in [6.45, 7) is 3.56. The van der Waals surface area contributed by atoms with E-state index in [9.17, 15) is 4.79 Å². The van der Waals surface area contributed by atoms with Crippen molar-refractivity contribution in [3.63, 3.8) is 0 Å². The van der Waals surface area contributed by atoms with Gasteiger partial charge in [-0.15, -0.1) is 11.3 Å². The van der Waals surface area contributed by atoms with Gasteiger partial charge in [0.25, 0.3) is 0 Å². The molecular formula is C11H16N2O2S. The molecule has 1 amide bonds. The van der Waals surface area contributed by atoms with Crippen molar-refractivity contribution in [1.82, 2.24) is 5.32 Å². The second kappa shape index (κ2) is 4.95. The molecule has 2 heterocycles. The van der Waals surface area contributed by atoms with Gasteiger partial charge in [0, 0.05) is 15.8 Å². The second-order valence-electron chi connectivity index (χ2n) is 4.04. The maximum Gasteiger partial charge on any atom is 0.227 e. The van der Waals surface area contributed by atoms with Crippen LogP contribution in [-0.4, -0.2) is 25.2 Å². The highest BCUT2D eigenvalue weighted by Crippen LogP contribution is 2.16. The minimum Gasteiger partial charge on any atom is -0.379 e. The molecule has 1 aliphatic rings. The molecule has 16 heavy (non-hydrogen) atoms. The van der Waals surface area contributed by atoms with Crippen LogP contribution in [0.1, 0.15) is 9.75 Å². The first-order chi connectivity index (χ1) is 7.66. The lowest BCUT2D eigenvalue weighted by Gasteiger charge is -2.12. The van der Waals surface area contributed by atoms with Crippen LogP contribution in [0.5, 0.6) is 0 Å². The molecule has 0 aromatic carbocycles. The lowest BCUT2D eigenvalue weighted by molar-refractivity contribution is -0.125. The summed E-state index contributed by atoms with van der Waals surface area (Å²) in [5.74, 6) is -0.197. The molecule has 0 bridgehead atoms. The van der Waals surface area contributed by atoms with E-state index < -0.39 is 0 Å². The first kappa shape index (κ1) is 11.6. The van der Waals surface area contributed by atoms with E-state index in [1.165, 1.54) is 9.75 Å². The smallest absolute Gasteiger partial charge is 0.227 e. The Morgan fingerprint density at radius 3 is 3.00 bits per heavy atom. The van der Waals surface area contributed by atoms with Gasteiger partial charge in [0.2, 0.25) is 5.91 Å². The number of hydrogen-bond donors (Lipinski definition) is 2. The predicted molar refractivity (Wildman–Crippen MR) is 63.2 cm³/mol. The summed E-state index contributed by atoms with van der Waals surface area (Å²) in [7, 11) is 0. The van der Waals surface area contributed by atoms with E-state index in [4.69, 9.17) is 10.5 Å². The highest BCUT2D eigenvalue weighted by molar-refractivity contribution is 7.11. The third-order valence-corrected chi connectivity index (χ3v) is 3.69. The fourth-order valence-corrected chi connectivity index (χ4v) is 2.56. The maximum absolute atomic E-state index is 11.8. The van der Waals surface area contributed by atoms with Crippen LogP contribution in [0.15, 0.2) is 12.1 Å². The van der Waals surface area contributed by atoms with Gasteiger partial charge in [-0.25, -0.2) is 0 Å². The lowest BCUT2D eigenvalue weighted by Crippen LogP contribution is -2.40. The molecule has 0 radical (unpaired) electrons. The first-order valence-corrected chi connectivity index (χ1v) is 6.15. The molecule has 0 spiro atoms. The van der Waals surface area contributed by atoms with E-state index in [-0.39, 0.29) is 17.9 Å². The number of nitrogens with one attached hydrogen (secondary N) is 1. The van der Waals surface area contributed by atoms with Crippen LogP contribution in [0.3, 0.4) is 0 Å². The first-order valence-electron chi connectivity index (χ1n) is 5.33. The van der Waals surface area contributed by atoms with Crippen LogP contribution < -0.4 is 11.1 Å². The van der Waals surface area contributed by atoms with Crippen molar-refractivity contribution < 1.29 is 9.53 Å². The molecule has 0 saturated carbocycles. The highest BCUT2D eigenvalue weighted by Gasteiger charge is 2.30. The third-order valence-electron chi connectivity index (χ3n) is 2.69. The minimum absolute atomic E-state index is 0.00365. The number of thiophene rings is 1. The van der Waals surface area contributed by atoms with Gasteiger partial charge in [0.1, 0.15) is 0 Å². The fourth-order valence-electron chi connectivity index (χ4n) is 1.73. The molecule has 1 fully saturated rings. The number of rotatable bonds is 3. The predicted octanol–water partition coefficient (Wildman–Crippen LogP) is 0.646. The largest absolute Gasteiger partial charge is 0.379 e. The van der Waals surface area contributed by atoms with Crippen LogP contribution >= 0.6 is 11.3 Å². The molecule has 4 nitrogen and oxygen atoms in total. The molecular weight excluding hydrogens is 224 g/mol.